The summed E-state index contributed by atoms with van der Waals surface area (Å²) in [5.74, 6) is 0.862. The number of benzene rings is 2. The Hall–Kier alpha value is -3.63. The number of nitrogens with one attached hydrogen (secondary N) is 1. The van der Waals surface area contributed by atoms with Gasteiger partial charge in [0.05, 0.1) is 25.9 Å². The Balaban J connectivity index is 1.60. The van der Waals surface area contributed by atoms with E-state index in [0.29, 0.717) is 43.4 Å². The molecule has 0 saturated carbocycles. The summed E-state index contributed by atoms with van der Waals surface area (Å²) in [5.41, 5.74) is 1.19. The van der Waals surface area contributed by atoms with Crippen LogP contribution in [0.3, 0.4) is 0 Å². The smallest absolute Gasteiger partial charge is 0.354 e. The molecule has 4 rings (SSSR count). The molecule has 1 aromatic heterocycles. The van der Waals surface area contributed by atoms with Crippen molar-refractivity contribution < 1.29 is 14.3 Å². The van der Waals surface area contributed by atoms with Gasteiger partial charge in [-0.2, -0.15) is 4.98 Å². The Labute approximate surface area is 232 Å². The number of morpholine rings is 1. The van der Waals surface area contributed by atoms with Crippen molar-refractivity contribution in [2.45, 2.75) is 52.8 Å². The molecule has 2 heterocycles. The first kappa shape index (κ1) is 28.4. The van der Waals surface area contributed by atoms with Crippen molar-refractivity contribution in [1.82, 2.24) is 19.0 Å². The van der Waals surface area contributed by atoms with Crippen molar-refractivity contribution in [2.24, 2.45) is 0 Å². The molecule has 0 bridgehead atoms. The van der Waals surface area contributed by atoms with Crippen molar-refractivity contribution in [3.8, 4) is 5.75 Å². The highest BCUT2D eigenvalue weighted by Crippen LogP contribution is 2.24. The van der Waals surface area contributed by atoms with E-state index in [2.05, 4.69) is 10.3 Å². The minimum absolute atomic E-state index is 0.0145. The summed E-state index contributed by atoms with van der Waals surface area (Å²) >= 11 is 6.04. The number of rotatable bonds is 10. The Morgan fingerprint density at radius 1 is 1.10 bits per heavy atom. The second kappa shape index (κ2) is 12.9. The molecule has 1 aliphatic rings. The van der Waals surface area contributed by atoms with Gasteiger partial charge in [-0.1, -0.05) is 23.7 Å². The number of carbonyl (C=O) groups excluding carboxylic acids is 1. The maximum Gasteiger partial charge on any atom is 0.354 e. The first-order chi connectivity index (χ1) is 18.7. The predicted octanol–water partition coefficient (Wildman–Crippen LogP) is 3.58. The lowest BCUT2D eigenvalue weighted by Gasteiger charge is -2.26. The number of amides is 1. The van der Waals surface area contributed by atoms with Crippen molar-refractivity contribution in [1.29, 1.82) is 0 Å². The van der Waals surface area contributed by atoms with Crippen molar-refractivity contribution in [3.63, 3.8) is 0 Å². The number of nitrogens with zero attached hydrogens (tertiary/aromatic N) is 4. The van der Waals surface area contributed by atoms with E-state index in [-0.39, 0.29) is 37.5 Å². The minimum atomic E-state index is -0.676. The highest BCUT2D eigenvalue weighted by atomic mass is 35.5. The number of aryl methyl sites for hydroxylation is 1. The summed E-state index contributed by atoms with van der Waals surface area (Å²) in [6.45, 7) is 8.24. The van der Waals surface area contributed by atoms with Gasteiger partial charge in [-0.25, -0.2) is 14.2 Å². The van der Waals surface area contributed by atoms with E-state index in [4.69, 9.17) is 21.1 Å². The number of anilines is 2. The highest BCUT2D eigenvalue weighted by Gasteiger charge is 2.18. The molecule has 1 fully saturated rings. The zero-order valence-corrected chi connectivity index (χ0v) is 23.2. The molecule has 0 radical (unpaired) electrons. The van der Waals surface area contributed by atoms with E-state index in [1.54, 1.807) is 17.0 Å². The van der Waals surface area contributed by atoms with Gasteiger partial charge in [0.1, 0.15) is 5.75 Å². The zero-order valence-electron chi connectivity index (χ0n) is 22.5. The maximum absolute atomic E-state index is 13.6. The molecule has 0 atom stereocenters. The van der Waals surface area contributed by atoms with Gasteiger partial charge < -0.3 is 19.7 Å². The summed E-state index contributed by atoms with van der Waals surface area (Å²) in [4.78, 5) is 45.0. The van der Waals surface area contributed by atoms with Crippen LogP contribution in [0.2, 0.25) is 5.02 Å². The molecule has 10 nitrogen and oxygen atoms in total. The second-order valence-corrected chi connectivity index (χ2v) is 10.2. The molecular weight excluding hydrogens is 522 g/mol. The number of aromatic nitrogens is 3. The first-order valence-electron chi connectivity index (χ1n) is 13.1. The van der Waals surface area contributed by atoms with E-state index in [0.717, 1.165) is 21.4 Å². The molecular formula is C28H34ClN5O5. The monoisotopic (exact) mass is 555 g/mol. The SMILES string of the molecule is Cc1cc(Nc2nc(=O)n(CCCC(=O)N3CCOCC3)c(=O)n2Cc2ccc(Cl)cc2)ccc1OC(C)C. The van der Waals surface area contributed by atoms with Crippen LogP contribution in [0, 0.1) is 6.92 Å². The van der Waals surface area contributed by atoms with Gasteiger partial charge in [-0.15, -0.1) is 0 Å². The number of carbonyl (C=O) groups is 1. The maximum atomic E-state index is 13.6. The summed E-state index contributed by atoms with van der Waals surface area (Å²) in [7, 11) is 0. The molecule has 39 heavy (non-hydrogen) atoms. The molecule has 2 aromatic carbocycles. The van der Waals surface area contributed by atoms with Crippen molar-refractivity contribution in [3.05, 3.63) is 79.6 Å². The Bertz CT molecular complexity index is 1410. The fourth-order valence-electron chi connectivity index (χ4n) is 4.33. The molecule has 0 aliphatic carbocycles. The average molecular weight is 556 g/mol. The van der Waals surface area contributed by atoms with Crippen LogP contribution in [0.5, 0.6) is 5.75 Å². The fourth-order valence-corrected chi connectivity index (χ4v) is 4.46. The van der Waals surface area contributed by atoms with Crippen LogP contribution in [0.15, 0.2) is 52.1 Å². The van der Waals surface area contributed by atoms with Crippen LogP contribution in [-0.2, 0) is 22.6 Å². The third-order valence-corrected chi connectivity index (χ3v) is 6.59. The van der Waals surface area contributed by atoms with Gasteiger partial charge in [-0.05, 0) is 68.7 Å². The summed E-state index contributed by atoms with van der Waals surface area (Å²) < 4.78 is 13.6. The summed E-state index contributed by atoms with van der Waals surface area (Å²) in [6, 6.07) is 12.6. The van der Waals surface area contributed by atoms with Gasteiger partial charge in [-0.3, -0.25) is 9.36 Å². The Morgan fingerprint density at radius 3 is 2.49 bits per heavy atom. The molecule has 1 amide bonds. The molecule has 0 unspecified atom stereocenters. The van der Waals surface area contributed by atoms with Crippen LogP contribution in [0.25, 0.3) is 0 Å². The molecule has 1 saturated heterocycles. The number of ether oxygens (including phenoxy) is 2. The number of halogens is 1. The second-order valence-electron chi connectivity index (χ2n) is 9.73. The van der Waals surface area contributed by atoms with Gasteiger partial charge in [0.15, 0.2) is 0 Å². The largest absolute Gasteiger partial charge is 0.491 e. The predicted molar refractivity (Wildman–Crippen MR) is 150 cm³/mol. The number of hydrogen-bond donors (Lipinski definition) is 1. The van der Waals surface area contributed by atoms with E-state index >= 15 is 0 Å². The molecule has 1 N–H and O–H groups in total. The van der Waals surface area contributed by atoms with Crippen molar-refractivity contribution in [2.75, 3.05) is 31.6 Å². The average Bonchev–Trinajstić information content (AvgIpc) is 2.91. The van der Waals surface area contributed by atoms with Crippen LogP contribution >= 0.6 is 11.6 Å². The standard InChI is InChI=1S/C28H34ClN5O5/c1-19(2)39-24-11-10-23(17-20(24)3)30-26-31-27(36)33(12-4-5-25(35)32-13-15-38-16-14-32)28(37)34(26)18-21-6-8-22(29)9-7-21/h6-11,17,19H,4-5,12-16,18H2,1-3H3,(H,30,31,36). The topological polar surface area (TPSA) is 108 Å². The minimum Gasteiger partial charge on any atom is -0.491 e. The third-order valence-electron chi connectivity index (χ3n) is 6.33. The summed E-state index contributed by atoms with van der Waals surface area (Å²) in [6.07, 6.45) is 0.607. The van der Waals surface area contributed by atoms with E-state index in [1.165, 1.54) is 4.57 Å². The first-order valence-corrected chi connectivity index (χ1v) is 13.4. The zero-order chi connectivity index (χ0) is 27.9. The van der Waals surface area contributed by atoms with Crippen LogP contribution in [-0.4, -0.2) is 57.3 Å². The van der Waals surface area contributed by atoms with Gasteiger partial charge in [0.2, 0.25) is 11.9 Å². The quantitative estimate of drug-likeness (QED) is 0.407. The Kier molecular flexibility index (Phi) is 9.42. The fraction of sp³-hybridized carbons (Fsp3) is 0.429. The summed E-state index contributed by atoms with van der Waals surface area (Å²) in [5, 5.41) is 3.72. The van der Waals surface area contributed by atoms with Gasteiger partial charge in [0, 0.05) is 36.8 Å². The lowest BCUT2D eigenvalue weighted by atomic mass is 10.2. The normalized spacial score (nSPS) is 13.5. The molecule has 3 aromatic rings. The Morgan fingerprint density at radius 2 is 1.82 bits per heavy atom. The van der Waals surface area contributed by atoms with Gasteiger partial charge in [0.25, 0.3) is 0 Å². The molecule has 208 valence electrons. The van der Waals surface area contributed by atoms with E-state index in [1.807, 2.05) is 51.1 Å². The van der Waals surface area contributed by atoms with E-state index < -0.39 is 11.4 Å². The molecule has 0 spiro atoms. The lowest BCUT2D eigenvalue weighted by Crippen LogP contribution is -2.43. The van der Waals surface area contributed by atoms with E-state index in [9.17, 15) is 14.4 Å². The third kappa shape index (κ3) is 7.48. The lowest BCUT2D eigenvalue weighted by molar-refractivity contribution is -0.135. The van der Waals surface area contributed by atoms with Crippen molar-refractivity contribution >= 4 is 29.1 Å². The van der Waals surface area contributed by atoms with Crippen LogP contribution in [0.4, 0.5) is 11.6 Å². The van der Waals surface area contributed by atoms with Crippen LogP contribution in [0.1, 0.15) is 37.8 Å². The highest BCUT2D eigenvalue weighted by molar-refractivity contribution is 6.30. The number of hydrogen-bond acceptors (Lipinski definition) is 7. The molecule has 11 heteroatoms. The molecule has 1 aliphatic heterocycles. The van der Waals surface area contributed by atoms with Gasteiger partial charge >= 0.3 is 11.4 Å². The van der Waals surface area contributed by atoms with Crippen LogP contribution < -0.4 is 21.4 Å².